The van der Waals surface area contributed by atoms with Crippen molar-refractivity contribution < 1.29 is 18.7 Å². The molecule has 0 aliphatic heterocycles. The minimum atomic E-state index is -0.346. The molecule has 0 N–H and O–H groups in total. The van der Waals surface area contributed by atoms with Gasteiger partial charge in [-0.2, -0.15) is 0 Å². The molecule has 5 nitrogen and oxygen atoms in total. The van der Waals surface area contributed by atoms with E-state index in [1.807, 2.05) is 49.4 Å². The van der Waals surface area contributed by atoms with E-state index in [1.54, 1.807) is 6.07 Å². The Morgan fingerprint density at radius 3 is 2.55 bits per heavy atom. The zero-order valence-electron chi connectivity index (χ0n) is 32.0. The molecule has 4 aliphatic rings. The van der Waals surface area contributed by atoms with Crippen molar-refractivity contribution in [3.63, 3.8) is 0 Å². The molecule has 3 fully saturated rings. The molecule has 8 atom stereocenters. The number of allylic oxidation sites excluding steroid dienone is 1. The van der Waals surface area contributed by atoms with Gasteiger partial charge in [0, 0.05) is 29.9 Å². The molecular formula is C46H60O5. The van der Waals surface area contributed by atoms with Crippen LogP contribution in [0.3, 0.4) is 0 Å². The lowest BCUT2D eigenvalue weighted by atomic mass is 9.47. The maximum absolute atomic E-state index is 13.0. The summed E-state index contributed by atoms with van der Waals surface area (Å²) in [6.07, 6.45) is 16.7. The van der Waals surface area contributed by atoms with Crippen LogP contribution < -0.4 is 10.4 Å². The highest BCUT2D eigenvalue weighted by Gasteiger charge is 2.59. The number of hydrogen-bond donors (Lipinski definition) is 0. The Morgan fingerprint density at radius 2 is 1.76 bits per heavy atom. The summed E-state index contributed by atoms with van der Waals surface area (Å²) in [5, 5.41) is 0.866. The largest absolute Gasteiger partial charge is 0.482 e. The maximum atomic E-state index is 13.0. The Kier molecular flexibility index (Phi) is 10.3. The summed E-state index contributed by atoms with van der Waals surface area (Å²) in [5.41, 5.74) is 4.98. The van der Waals surface area contributed by atoms with Crippen molar-refractivity contribution in [3.05, 3.63) is 87.3 Å². The Morgan fingerprint density at radius 1 is 0.961 bits per heavy atom. The lowest BCUT2D eigenvalue weighted by Crippen LogP contribution is -2.51. The Balaban J connectivity index is 0.945. The molecule has 4 aliphatic carbocycles. The molecule has 274 valence electrons. The SMILES string of the molecule is Cc1c(Cc2ccccc2)c(=O)oc2cc(OCC(=O)O[C@H]3CC[C@@]4(C)C(=CC[C@H]5[C@@H]6CC[C@H]([C@H](C)CCCC(C)C)[C@@]6(C)CC[C@@H]54)C3)ccc12. The lowest BCUT2D eigenvalue weighted by Gasteiger charge is -2.58. The third-order valence-corrected chi connectivity index (χ3v) is 14.4. The van der Waals surface area contributed by atoms with Gasteiger partial charge in [-0.1, -0.05) is 95.9 Å². The van der Waals surface area contributed by atoms with E-state index in [0.717, 1.165) is 71.3 Å². The number of fused-ring (bicyclic) bond motifs is 6. The second-order valence-corrected chi connectivity index (χ2v) is 17.7. The maximum Gasteiger partial charge on any atom is 0.344 e. The number of carbonyl (C=O) groups excluding carboxylic acids is 1. The normalized spacial score (nSPS) is 30.6. The van der Waals surface area contributed by atoms with Gasteiger partial charge in [-0.15, -0.1) is 0 Å². The quantitative estimate of drug-likeness (QED) is 0.114. The van der Waals surface area contributed by atoms with Gasteiger partial charge in [-0.25, -0.2) is 9.59 Å². The first-order valence-corrected chi connectivity index (χ1v) is 20.1. The summed E-state index contributed by atoms with van der Waals surface area (Å²) in [4.78, 5) is 26.0. The molecule has 7 rings (SSSR count). The summed E-state index contributed by atoms with van der Waals surface area (Å²) in [5.74, 6) is 5.04. The third-order valence-electron chi connectivity index (χ3n) is 14.4. The van der Waals surface area contributed by atoms with Gasteiger partial charge < -0.3 is 13.9 Å². The molecular weight excluding hydrogens is 633 g/mol. The van der Waals surface area contributed by atoms with E-state index in [4.69, 9.17) is 13.9 Å². The van der Waals surface area contributed by atoms with E-state index < -0.39 is 0 Å². The van der Waals surface area contributed by atoms with Gasteiger partial charge in [0.05, 0.1) is 0 Å². The fourth-order valence-corrected chi connectivity index (χ4v) is 11.6. The molecule has 0 saturated heterocycles. The minimum Gasteiger partial charge on any atom is -0.482 e. The average molecular weight is 693 g/mol. The zero-order valence-corrected chi connectivity index (χ0v) is 32.0. The van der Waals surface area contributed by atoms with Crippen LogP contribution in [-0.2, 0) is 16.0 Å². The van der Waals surface area contributed by atoms with Gasteiger partial charge in [-0.3, -0.25) is 0 Å². The number of ether oxygens (including phenoxy) is 2. The molecule has 51 heavy (non-hydrogen) atoms. The van der Waals surface area contributed by atoms with Crippen molar-refractivity contribution in [1.82, 2.24) is 0 Å². The molecule has 0 unspecified atom stereocenters. The molecule has 0 amide bonds. The van der Waals surface area contributed by atoms with E-state index in [0.29, 0.717) is 28.7 Å². The molecule has 0 radical (unpaired) electrons. The molecule has 2 aromatic carbocycles. The van der Waals surface area contributed by atoms with Gasteiger partial charge >= 0.3 is 11.6 Å². The van der Waals surface area contributed by atoms with E-state index in [2.05, 4.69) is 40.7 Å². The molecule has 5 heteroatoms. The van der Waals surface area contributed by atoms with Crippen LogP contribution in [0.15, 0.2) is 69.4 Å². The van der Waals surface area contributed by atoms with E-state index in [-0.39, 0.29) is 29.7 Å². The molecule has 1 aromatic heterocycles. The summed E-state index contributed by atoms with van der Waals surface area (Å²) in [7, 11) is 0. The number of esters is 1. The average Bonchev–Trinajstić information content (AvgIpc) is 3.47. The van der Waals surface area contributed by atoms with Gasteiger partial charge in [0.25, 0.3) is 0 Å². The summed E-state index contributed by atoms with van der Waals surface area (Å²) >= 11 is 0. The third kappa shape index (κ3) is 7.08. The number of hydrogen-bond acceptors (Lipinski definition) is 5. The fraction of sp³-hybridized carbons (Fsp3) is 0.609. The first-order chi connectivity index (χ1) is 24.5. The standard InChI is InChI=1S/C46H60O5/c1-29(2)11-10-12-30(3)39-19-20-40-37-17-15-33-26-35(21-23-45(33,5)41(37)22-24-46(39,40)6)50-43(47)28-49-34-16-18-36-31(4)38(44(48)51-42(36)27-34)25-32-13-8-7-9-14-32/h7-9,13-16,18,27,29-30,35,37,39-41H,10-12,17,19-26,28H2,1-6H3/t30-,35+,37+,39-,40+,41+,45+,46-/m1/s1. The molecule has 3 saturated carbocycles. The van der Waals surface area contributed by atoms with Crippen LogP contribution in [0.5, 0.6) is 5.75 Å². The summed E-state index contributed by atoms with van der Waals surface area (Å²) in [6.45, 7) is 14.3. The Bertz CT molecular complexity index is 1800. The lowest BCUT2D eigenvalue weighted by molar-refractivity contribution is -0.153. The predicted molar refractivity (Wildman–Crippen MR) is 205 cm³/mol. The van der Waals surface area contributed by atoms with E-state index in [9.17, 15) is 9.59 Å². The second kappa shape index (κ2) is 14.6. The highest BCUT2D eigenvalue weighted by molar-refractivity contribution is 5.82. The van der Waals surface area contributed by atoms with Crippen LogP contribution in [0.25, 0.3) is 11.0 Å². The first-order valence-electron chi connectivity index (χ1n) is 20.1. The number of rotatable bonds is 11. The molecule has 1 heterocycles. The van der Waals surface area contributed by atoms with Crippen molar-refractivity contribution in [2.24, 2.45) is 46.3 Å². The van der Waals surface area contributed by atoms with Gasteiger partial charge in [0.1, 0.15) is 17.4 Å². The second-order valence-electron chi connectivity index (χ2n) is 17.7. The van der Waals surface area contributed by atoms with Crippen molar-refractivity contribution >= 4 is 16.9 Å². The van der Waals surface area contributed by atoms with Crippen LogP contribution in [-0.4, -0.2) is 18.7 Å². The van der Waals surface area contributed by atoms with Crippen molar-refractivity contribution in [2.45, 2.75) is 125 Å². The van der Waals surface area contributed by atoms with Crippen LogP contribution in [0, 0.1) is 53.3 Å². The number of benzene rings is 2. The summed E-state index contributed by atoms with van der Waals surface area (Å²) < 4.78 is 17.6. The van der Waals surface area contributed by atoms with Crippen LogP contribution in [0.4, 0.5) is 0 Å². The Labute approximate surface area is 305 Å². The van der Waals surface area contributed by atoms with Crippen LogP contribution >= 0.6 is 0 Å². The van der Waals surface area contributed by atoms with Crippen molar-refractivity contribution in [1.29, 1.82) is 0 Å². The predicted octanol–water partition coefficient (Wildman–Crippen LogP) is 11.0. The van der Waals surface area contributed by atoms with E-state index in [1.165, 1.54) is 56.9 Å². The zero-order chi connectivity index (χ0) is 35.9. The molecule has 0 spiro atoms. The van der Waals surface area contributed by atoms with Crippen LogP contribution in [0.2, 0.25) is 0 Å². The number of aryl methyl sites for hydroxylation is 1. The summed E-state index contributed by atoms with van der Waals surface area (Å²) in [6, 6.07) is 15.4. The number of carbonyl (C=O) groups is 1. The highest BCUT2D eigenvalue weighted by Crippen LogP contribution is 2.67. The van der Waals surface area contributed by atoms with Gasteiger partial charge in [0.15, 0.2) is 6.61 Å². The fourth-order valence-electron chi connectivity index (χ4n) is 11.6. The highest BCUT2D eigenvalue weighted by atomic mass is 16.6. The molecule has 3 aromatic rings. The van der Waals surface area contributed by atoms with Gasteiger partial charge in [-0.05, 0) is 121 Å². The minimum absolute atomic E-state index is 0.103. The first kappa shape index (κ1) is 36.0. The molecule has 0 bridgehead atoms. The smallest absolute Gasteiger partial charge is 0.344 e. The van der Waals surface area contributed by atoms with Crippen molar-refractivity contribution in [2.75, 3.05) is 6.61 Å². The van der Waals surface area contributed by atoms with Crippen LogP contribution in [0.1, 0.15) is 122 Å². The van der Waals surface area contributed by atoms with E-state index >= 15 is 0 Å². The Hall–Kier alpha value is -3.34. The topological polar surface area (TPSA) is 65.7 Å². The van der Waals surface area contributed by atoms with Crippen molar-refractivity contribution in [3.8, 4) is 5.75 Å². The van der Waals surface area contributed by atoms with Gasteiger partial charge in [0.2, 0.25) is 0 Å². The monoisotopic (exact) mass is 692 g/mol.